The molecule has 0 unspecified atom stereocenters. The van der Waals surface area contributed by atoms with Crippen LogP contribution in [-0.4, -0.2) is 0 Å². The highest BCUT2D eigenvalue weighted by Crippen LogP contribution is 2.59. The molecule has 0 N–H and O–H groups in total. The number of benzene rings is 10. The molecule has 0 fully saturated rings. The predicted molar refractivity (Wildman–Crippen MR) is 289 cm³/mol. The number of nitrogens with zero attached hydrogens (tertiary/aromatic N) is 1. The van der Waals surface area contributed by atoms with Crippen LogP contribution in [0.1, 0.15) is 49.9 Å². The average Bonchev–Trinajstić information content (AvgIpc) is 4.18. The Morgan fingerprint density at radius 2 is 0.743 bits per heavy atom. The number of fused-ring (bicyclic) bond motifs is 17. The van der Waals surface area contributed by atoms with Gasteiger partial charge in [0, 0.05) is 65.6 Å². The lowest BCUT2D eigenvalue weighted by Gasteiger charge is -2.29. The number of hydrogen-bond acceptors (Lipinski definition) is 4. The number of para-hydroxylation sites is 4. The molecule has 15 rings (SSSR count). The quantitative estimate of drug-likeness (QED) is 0.173. The van der Waals surface area contributed by atoms with Crippen LogP contribution < -0.4 is 4.90 Å². The van der Waals surface area contributed by atoms with E-state index in [9.17, 15) is 0 Å². The molecular weight excluding hydrogens is 855 g/mol. The minimum absolute atomic E-state index is 0.343. The minimum Gasteiger partial charge on any atom is -0.455 e. The molecule has 13 aromatic rings. The summed E-state index contributed by atoms with van der Waals surface area (Å²) in [7, 11) is 0. The third-order valence-electron chi connectivity index (χ3n) is 15.8. The van der Waals surface area contributed by atoms with Crippen LogP contribution in [0.5, 0.6) is 0 Å². The van der Waals surface area contributed by atoms with Crippen molar-refractivity contribution >= 4 is 82.9 Å². The standard InChI is InChI=1S/C66H45NO3/c1-65(2)50-34-40(30-32-44(50)58-52(65)36-48(38-18-7-5-8-19-38)63-60(58)46-23-12-15-28-56(46)69-63)67(54-26-17-25-43-42-22-11-14-27-55(42)68-62(43)54)41-31-33-45-51(35-41)66(3,4)53-37-49(39-20-9-6-10-21-39)64-61(59(45)53)47-24-13-16-29-57(47)70-64/h5-37H,1-4H3. The Balaban J connectivity index is 0.971. The molecule has 0 amide bonds. The minimum atomic E-state index is -0.343. The maximum atomic E-state index is 6.88. The molecule has 0 atom stereocenters. The molecule has 3 heterocycles. The summed E-state index contributed by atoms with van der Waals surface area (Å²) in [6.07, 6.45) is 0. The number of furan rings is 3. The van der Waals surface area contributed by atoms with Crippen LogP contribution in [0, 0.1) is 0 Å². The van der Waals surface area contributed by atoms with Crippen LogP contribution in [0.2, 0.25) is 0 Å². The van der Waals surface area contributed by atoms with Crippen LogP contribution in [0.3, 0.4) is 0 Å². The zero-order valence-corrected chi connectivity index (χ0v) is 39.2. The molecule has 0 saturated heterocycles. The van der Waals surface area contributed by atoms with Crippen LogP contribution >= 0.6 is 0 Å². The summed E-state index contributed by atoms with van der Waals surface area (Å²) >= 11 is 0. The molecular formula is C66H45NO3. The van der Waals surface area contributed by atoms with Crippen molar-refractivity contribution < 1.29 is 13.3 Å². The SMILES string of the molecule is CC1(C)c2cc(N(c3ccc4c(c3)C(C)(C)c3cc(-c5ccccc5)c5oc6ccccc6c5c3-4)c3cccc4c3oc3ccccc34)ccc2-c2c1cc(-c1ccccc1)c1oc3ccccc3c21. The molecule has 70 heavy (non-hydrogen) atoms. The third kappa shape index (κ3) is 5.25. The van der Waals surface area contributed by atoms with Crippen molar-refractivity contribution in [1.29, 1.82) is 0 Å². The lowest BCUT2D eigenvalue weighted by atomic mass is 9.80. The van der Waals surface area contributed by atoms with E-state index in [0.717, 1.165) is 94.4 Å². The highest BCUT2D eigenvalue weighted by atomic mass is 16.3. The van der Waals surface area contributed by atoms with E-state index in [1.807, 2.05) is 0 Å². The first-order chi connectivity index (χ1) is 34.2. The molecule has 3 aromatic heterocycles. The van der Waals surface area contributed by atoms with Crippen molar-refractivity contribution in [1.82, 2.24) is 0 Å². The van der Waals surface area contributed by atoms with Gasteiger partial charge in [0.25, 0.3) is 0 Å². The number of anilines is 3. The first-order valence-corrected chi connectivity index (χ1v) is 24.3. The highest BCUT2D eigenvalue weighted by Gasteiger charge is 2.41. The molecule has 0 radical (unpaired) electrons. The topological polar surface area (TPSA) is 42.7 Å². The average molecular weight is 900 g/mol. The Hall–Kier alpha value is -8.60. The second kappa shape index (κ2) is 14.0. The van der Waals surface area contributed by atoms with Gasteiger partial charge >= 0.3 is 0 Å². The molecule has 0 saturated carbocycles. The molecule has 0 aliphatic heterocycles. The molecule has 0 bridgehead atoms. The number of hydrogen-bond donors (Lipinski definition) is 0. The van der Waals surface area contributed by atoms with E-state index >= 15 is 0 Å². The van der Waals surface area contributed by atoms with Crippen molar-refractivity contribution in [3.8, 4) is 44.5 Å². The Kier molecular flexibility index (Phi) is 7.88. The van der Waals surface area contributed by atoms with Gasteiger partial charge in [-0.15, -0.1) is 0 Å². The van der Waals surface area contributed by atoms with Gasteiger partial charge in [0.2, 0.25) is 0 Å². The summed E-state index contributed by atoms with van der Waals surface area (Å²) in [5.41, 5.74) is 22.4. The van der Waals surface area contributed by atoms with E-state index in [1.165, 1.54) is 55.3 Å². The number of rotatable bonds is 5. The van der Waals surface area contributed by atoms with Gasteiger partial charge in [-0.05, 0) is 116 Å². The largest absolute Gasteiger partial charge is 0.455 e. The maximum Gasteiger partial charge on any atom is 0.159 e. The monoisotopic (exact) mass is 899 g/mol. The summed E-state index contributed by atoms with van der Waals surface area (Å²) < 4.78 is 20.5. The van der Waals surface area contributed by atoms with Crippen LogP contribution in [0.15, 0.2) is 213 Å². The lowest BCUT2D eigenvalue weighted by molar-refractivity contribution is 0.657. The smallest absolute Gasteiger partial charge is 0.159 e. The summed E-state index contributed by atoms with van der Waals surface area (Å²) in [4.78, 5) is 2.43. The first kappa shape index (κ1) is 39.4. The normalized spacial score (nSPS) is 14.2. The van der Waals surface area contributed by atoms with Gasteiger partial charge in [-0.25, -0.2) is 0 Å². The van der Waals surface area contributed by atoms with E-state index in [0.29, 0.717) is 0 Å². The Bertz CT molecular complexity index is 4130. The van der Waals surface area contributed by atoms with E-state index in [1.54, 1.807) is 0 Å². The van der Waals surface area contributed by atoms with Crippen molar-refractivity contribution in [2.24, 2.45) is 0 Å². The molecule has 10 aromatic carbocycles. The van der Waals surface area contributed by atoms with Gasteiger partial charge in [-0.1, -0.05) is 167 Å². The first-order valence-electron chi connectivity index (χ1n) is 24.3. The Labute approximate surface area is 404 Å². The fraction of sp³-hybridized carbons (Fsp3) is 0.0909. The second-order valence-electron chi connectivity index (χ2n) is 20.3. The van der Waals surface area contributed by atoms with Crippen LogP contribution in [-0.2, 0) is 10.8 Å². The molecule has 4 heteroatoms. The molecule has 0 spiro atoms. The summed E-state index contributed by atoms with van der Waals surface area (Å²) in [6, 6.07) is 72.3. The van der Waals surface area contributed by atoms with Crippen molar-refractivity contribution in [2.45, 2.75) is 38.5 Å². The zero-order chi connectivity index (χ0) is 46.6. The van der Waals surface area contributed by atoms with Crippen LogP contribution in [0.4, 0.5) is 17.1 Å². The zero-order valence-electron chi connectivity index (χ0n) is 39.2. The van der Waals surface area contributed by atoms with Crippen molar-refractivity contribution in [3.05, 3.63) is 222 Å². The molecule has 2 aliphatic rings. The summed E-state index contributed by atoms with van der Waals surface area (Å²) in [5, 5.41) is 6.81. The highest BCUT2D eigenvalue weighted by molar-refractivity contribution is 6.20. The van der Waals surface area contributed by atoms with Gasteiger partial charge in [0.05, 0.1) is 5.69 Å². The van der Waals surface area contributed by atoms with E-state index < -0.39 is 0 Å². The fourth-order valence-corrected chi connectivity index (χ4v) is 12.4. The predicted octanol–water partition coefficient (Wildman–Crippen LogP) is 18.8. The lowest BCUT2D eigenvalue weighted by Crippen LogP contribution is -2.18. The Morgan fingerprint density at radius 1 is 0.329 bits per heavy atom. The fourth-order valence-electron chi connectivity index (χ4n) is 12.4. The molecule has 4 nitrogen and oxygen atoms in total. The van der Waals surface area contributed by atoms with Gasteiger partial charge in [0.15, 0.2) is 5.58 Å². The molecule has 2 aliphatic carbocycles. The van der Waals surface area contributed by atoms with E-state index in [-0.39, 0.29) is 10.8 Å². The summed E-state index contributed by atoms with van der Waals surface area (Å²) in [5.74, 6) is 0. The van der Waals surface area contributed by atoms with Crippen LogP contribution in [0.25, 0.3) is 110 Å². The van der Waals surface area contributed by atoms with Crippen molar-refractivity contribution in [3.63, 3.8) is 0 Å². The summed E-state index contributed by atoms with van der Waals surface area (Å²) in [6.45, 7) is 9.53. The Morgan fingerprint density at radius 3 is 1.24 bits per heavy atom. The second-order valence-corrected chi connectivity index (χ2v) is 20.3. The maximum absolute atomic E-state index is 6.88. The van der Waals surface area contributed by atoms with E-state index in [4.69, 9.17) is 13.3 Å². The van der Waals surface area contributed by atoms with Gasteiger partial charge in [-0.3, -0.25) is 0 Å². The third-order valence-corrected chi connectivity index (χ3v) is 15.8. The van der Waals surface area contributed by atoms with Gasteiger partial charge < -0.3 is 18.2 Å². The van der Waals surface area contributed by atoms with Crippen molar-refractivity contribution in [2.75, 3.05) is 4.90 Å². The van der Waals surface area contributed by atoms with E-state index in [2.05, 4.69) is 233 Å². The van der Waals surface area contributed by atoms with Gasteiger partial charge in [0.1, 0.15) is 27.9 Å². The molecule has 332 valence electrons. The van der Waals surface area contributed by atoms with Gasteiger partial charge in [-0.2, -0.15) is 0 Å².